The summed E-state index contributed by atoms with van der Waals surface area (Å²) in [5.74, 6) is 2.47. The van der Waals surface area contributed by atoms with E-state index in [1.807, 2.05) is 0 Å². The third kappa shape index (κ3) is 4.67. The Balaban J connectivity index is 1.95. The zero-order valence-corrected chi connectivity index (χ0v) is 14.4. The first-order valence-corrected chi connectivity index (χ1v) is 9.24. The Hall–Kier alpha value is -0.120. The average Bonchev–Trinajstić information content (AvgIpc) is 2.93. The van der Waals surface area contributed by atoms with Crippen LogP contribution in [-0.2, 0) is 0 Å². The van der Waals surface area contributed by atoms with E-state index in [2.05, 4.69) is 31.0 Å². The molecular formula is C18H36N2O. The lowest BCUT2D eigenvalue weighted by molar-refractivity contribution is 0.0944. The molecule has 0 aromatic carbocycles. The van der Waals surface area contributed by atoms with E-state index in [1.54, 1.807) is 0 Å². The Morgan fingerprint density at radius 1 is 1.24 bits per heavy atom. The highest BCUT2D eigenvalue weighted by atomic mass is 16.3. The van der Waals surface area contributed by atoms with Gasteiger partial charge in [0.15, 0.2) is 0 Å². The van der Waals surface area contributed by atoms with Crippen LogP contribution < -0.4 is 5.32 Å². The van der Waals surface area contributed by atoms with Crippen molar-refractivity contribution in [1.82, 2.24) is 10.2 Å². The van der Waals surface area contributed by atoms with Gasteiger partial charge in [0.1, 0.15) is 0 Å². The molecule has 2 rings (SSSR count). The quantitative estimate of drug-likeness (QED) is 0.758. The maximum absolute atomic E-state index is 9.56. The summed E-state index contributed by atoms with van der Waals surface area (Å²) in [6.45, 7) is 10.9. The fourth-order valence-electron chi connectivity index (χ4n) is 4.35. The van der Waals surface area contributed by atoms with Gasteiger partial charge >= 0.3 is 0 Å². The number of nitrogens with one attached hydrogen (secondary N) is 1. The zero-order chi connectivity index (χ0) is 15.2. The molecule has 124 valence electrons. The van der Waals surface area contributed by atoms with E-state index in [-0.39, 0.29) is 0 Å². The summed E-state index contributed by atoms with van der Waals surface area (Å²) in [6.07, 6.45) is 7.76. The fourth-order valence-corrected chi connectivity index (χ4v) is 4.35. The van der Waals surface area contributed by atoms with Crippen molar-refractivity contribution >= 4 is 0 Å². The normalized spacial score (nSPS) is 34.7. The lowest BCUT2D eigenvalue weighted by Gasteiger charge is -2.41. The standard InChI is InChI=1S/C18H36N2O/c1-4-9-19-18-8-7-15(14(2)3)11-16(18)12-20-10-5-6-17(20)13-21/h14-19,21H,4-13H2,1-3H3. The molecule has 0 amide bonds. The van der Waals surface area contributed by atoms with Gasteiger partial charge in [0, 0.05) is 18.6 Å². The summed E-state index contributed by atoms with van der Waals surface area (Å²) in [5, 5.41) is 13.4. The maximum atomic E-state index is 9.56. The first-order chi connectivity index (χ1) is 10.2. The molecule has 0 aromatic rings. The molecule has 3 heteroatoms. The van der Waals surface area contributed by atoms with Gasteiger partial charge in [-0.1, -0.05) is 20.8 Å². The monoisotopic (exact) mass is 296 g/mol. The second kappa shape index (κ2) is 8.50. The number of aliphatic hydroxyl groups excluding tert-OH is 1. The Morgan fingerprint density at radius 2 is 2.05 bits per heavy atom. The number of aliphatic hydroxyl groups is 1. The third-order valence-electron chi connectivity index (χ3n) is 5.80. The van der Waals surface area contributed by atoms with Crippen LogP contribution in [0.2, 0.25) is 0 Å². The minimum Gasteiger partial charge on any atom is -0.395 e. The van der Waals surface area contributed by atoms with Crippen LogP contribution >= 0.6 is 0 Å². The van der Waals surface area contributed by atoms with Gasteiger partial charge in [0.25, 0.3) is 0 Å². The number of nitrogens with zero attached hydrogens (tertiary/aromatic N) is 1. The van der Waals surface area contributed by atoms with Crippen molar-refractivity contribution in [1.29, 1.82) is 0 Å². The summed E-state index contributed by atoms with van der Waals surface area (Å²) in [5.41, 5.74) is 0. The van der Waals surface area contributed by atoms with Crippen molar-refractivity contribution < 1.29 is 5.11 Å². The van der Waals surface area contributed by atoms with Gasteiger partial charge in [-0.25, -0.2) is 0 Å². The first kappa shape index (κ1) is 17.2. The predicted octanol–water partition coefficient (Wildman–Crippen LogP) is 2.88. The van der Waals surface area contributed by atoms with E-state index in [1.165, 1.54) is 51.6 Å². The molecule has 1 aliphatic carbocycles. The molecule has 0 spiro atoms. The molecule has 1 aliphatic heterocycles. The third-order valence-corrected chi connectivity index (χ3v) is 5.80. The zero-order valence-electron chi connectivity index (χ0n) is 14.4. The first-order valence-electron chi connectivity index (χ1n) is 9.24. The summed E-state index contributed by atoms with van der Waals surface area (Å²) in [6, 6.07) is 1.12. The molecule has 0 aromatic heterocycles. The molecule has 4 atom stereocenters. The summed E-state index contributed by atoms with van der Waals surface area (Å²) in [7, 11) is 0. The molecule has 0 bridgehead atoms. The van der Waals surface area contributed by atoms with E-state index >= 15 is 0 Å². The van der Waals surface area contributed by atoms with Crippen LogP contribution in [0.15, 0.2) is 0 Å². The minimum absolute atomic E-state index is 0.341. The summed E-state index contributed by atoms with van der Waals surface area (Å²) in [4.78, 5) is 2.56. The smallest absolute Gasteiger partial charge is 0.0586 e. The van der Waals surface area contributed by atoms with Crippen molar-refractivity contribution in [2.75, 3.05) is 26.2 Å². The topological polar surface area (TPSA) is 35.5 Å². The van der Waals surface area contributed by atoms with E-state index in [4.69, 9.17) is 0 Å². The highest BCUT2D eigenvalue weighted by molar-refractivity contribution is 4.90. The van der Waals surface area contributed by atoms with Crippen molar-refractivity contribution in [3.05, 3.63) is 0 Å². The van der Waals surface area contributed by atoms with Gasteiger partial charge in [-0.3, -0.25) is 4.90 Å². The average molecular weight is 296 g/mol. The van der Waals surface area contributed by atoms with Gasteiger partial charge in [-0.15, -0.1) is 0 Å². The van der Waals surface area contributed by atoms with E-state index in [9.17, 15) is 5.11 Å². The van der Waals surface area contributed by atoms with Gasteiger partial charge in [-0.05, 0) is 69.4 Å². The van der Waals surface area contributed by atoms with Gasteiger partial charge in [0.05, 0.1) is 6.61 Å². The molecule has 1 saturated heterocycles. The summed E-state index contributed by atoms with van der Waals surface area (Å²) < 4.78 is 0. The Bertz CT molecular complexity index is 295. The summed E-state index contributed by atoms with van der Waals surface area (Å²) >= 11 is 0. The SMILES string of the molecule is CCCNC1CCC(C(C)C)CC1CN1CCCC1CO. The van der Waals surface area contributed by atoms with Gasteiger partial charge < -0.3 is 10.4 Å². The van der Waals surface area contributed by atoms with E-state index < -0.39 is 0 Å². The second-order valence-electron chi connectivity index (χ2n) is 7.61. The molecule has 2 fully saturated rings. The van der Waals surface area contributed by atoms with Crippen molar-refractivity contribution in [3.8, 4) is 0 Å². The molecule has 0 radical (unpaired) electrons. The van der Waals surface area contributed by atoms with Crippen LogP contribution in [0.1, 0.15) is 59.3 Å². The van der Waals surface area contributed by atoms with Gasteiger partial charge in [0.2, 0.25) is 0 Å². The molecule has 2 N–H and O–H groups in total. The molecular weight excluding hydrogens is 260 g/mol. The van der Waals surface area contributed by atoms with Gasteiger partial charge in [-0.2, -0.15) is 0 Å². The Morgan fingerprint density at radius 3 is 2.71 bits per heavy atom. The fraction of sp³-hybridized carbons (Fsp3) is 1.00. The highest BCUT2D eigenvalue weighted by Gasteiger charge is 2.34. The van der Waals surface area contributed by atoms with Crippen molar-refractivity contribution in [2.45, 2.75) is 71.4 Å². The lowest BCUT2D eigenvalue weighted by Crippen LogP contribution is -2.48. The number of likely N-dealkylation sites (tertiary alicyclic amines) is 1. The van der Waals surface area contributed by atoms with Crippen LogP contribution in [0.5, 0.6) is 0 Å². The Kier molecular flexibility index (Phi) is 6.97. The molecule has 2 aliphatic rings. The van der Waals surface area contributed by atoms with Crippen LogP contribution in [0, 0.1) is 17.8 Å². The number of rotatable bonds is 7. The van der Waals surface area contributed by atoms with Crippen molar-refractivity contribution in [2.24, 2.45) is 17.8 Å². The predicted molar refractivity (Wildman–Crippen MR) is 89.4 cm³/mol. The Labute approximate surface area is 131 Å². The lowest BCUT2D eigenvalue weighted by atomic mass is 9.73. The van der Waals surface area contributed by atoms with Crippen LogP contribution in [0.4, 0.5) is 0 Å². The van der Waals surface area contributed by atoms with Crippen LogP contribution in [-0.4, -0.2) is 48.3 Å². The highest BCUT2D eigenvalue weighted by Crippen LogP contribution is 2.35. The largest absolute Gasteiger partial charge is 0.395 e. The number of hydrogen-bond acceptors (Lipinski definition) is 3. The minimum atomic E-state index is 0.341. The molecule has 3 nitrogen and oxygen atoms in total. The molecule has 21 heavy (non-hydrogen) atoms. The van der Waals surface area contributed by atoms with Crippen LogP contribution in [0.3, 0.4) is 0 Å². The van der Waals surface area contributed by atoms with E-state index in [0.29, 0.717) is 18.7 Å². The van der Waals surface area contributed by atoms with Crippen molar-refractivity contribution in [3.63, 3.8) is 0 Å². The molecule has 1 saturated carbocycles. The van der Waals surface area contributed by atoms with E-state index in [0.717, 1.165) is 24.3 Å². The molecule has 1 heterocycles. The maximum Gasteiger partial charge on any atom is 0.0586 e. The van der Waals surface area contributed by atoms with Crippen LogP contribution in [0.25, 0.3) is 0 Å². The second-order valence-corrected chi connectivity index (χ2v) is 7.61. The molecule has 4 unspecified atom stereocenters. The number of hydrogen-bond donors (Lipinski definition) is 2.